The first-order valence-electron chi connectivity index (χ1n) is 7.79. The highest BCUT2D eigenvalue weighted by Crippen LogP contribution is 2.15. The minimum Gasteiger partial charge on any atom is -0.349 e. The molecule has 0 aliphatic carbocycles. The second kappa shape index (κ2) is 6.71. The Labute approximate surface area is 139 Å². The smallest absolute Gasteiger partial charge is 0.331 e. The monoisotopic (exact) mass is 328 g/mol. The molecule has 0 saturated heterocycles. The van der Waals surface area contributed by atoms with Gasteiger partial charge in [0, 0.05) is 36.2 Å². The Hall–Kier alpha value is -2.88. The molecule has 7 nitrogen and oxygen atoms in total. The molecule has 2 heterocycles. The number of carbonyl (C=O) groups is 1. The van der Waals surface area contributed by atoms with Crippen molar-refractivity contribution in [2.75, 3.05) is 0 Å². The summed E-state index contributed by atoms with van der Waals surface area (Å²) >= 11 is 0. The van der Waals surface area contributed by atoms with E-state index >= 15 is 0 Å². The summed E-state index contributed by atoms with van der Waals surface area (Å²) in [7, 11) is 0. The van der Waals surface area contributed by atoms with Gasteiger partial charge in [-0.1, -0.05) is 0 Å². The van der Waals surface area contributed by atoms with Crippen LogP contribution in [-0.4, -0.2) is 19.5 Å². The van der Waals surface area contributed by atoms with Gasteiger partial charge < -0.3 is 4.57 Å². The van der Waals surface area contributed by atoms with Gasteiger partial charge in [0.1, 0.15) is 11.6 Å². The van der Waals surface area contributed by atoms with E-state index in [1.165, 1.54) is 10.8 Å². The molecular formula is C17H20N4O3. The molecule has 0 unspecified atom stereocenters. The number of nitrogens with zero attached hydrogens (tertiary/aromatic N) is 4. The van der Waals surface area contributed by atoms with Gasteiger partial charge in [0.15, 0.2) is 5.78 Å². The van der Waals surface area contributed by atoms with Crippen LogP contribution in [0.15, 0.2) is 21.9 Å². The fourth-order valence-corrected chi connectivity index (χ4v) is 2.90. The van der Waals surface area contributed by atoms with E-state index in [4.69, 9.17) is 5.26 Å². The summed E-state index contributed by atoms with van der Waals surface area (Å²) in [5.74, 6) is -0.320. The predicted molar refractivity (Wildman–Crippen MR) is 89.3 cm³/mol. The number of aromatic nitrogens is 3. The molecule has 0 spiro atoms. The summed E-state index contributed by atoms with van der Waals surface area (Å²) in [6.07, 6.45) is 1.23. The molecule has 0 saturated carbocycles. The van der Waals surface area contributed by atoms with Gasteiger partial charge in [-0.15, -0.1) is 0 Å². The minimum absolute atomic E-state index is 0.150. The molecule has 0 amide bonds. The van der Waals surface area contributed by atoms with E-state index in [9.17, 15) is 14.4 Å². The van der Waals surface area contributed by atoms with Crippen LogP contribution in [0.5, 0.6) is 0 Å². The zero-order valence-corrected chi connectivity index (χ0v) is 14.3. The van der Waals surface area contributed by atoms with Gasteiger partial charge in [-0.25, -0.2) is 4.79 Å². The van der Waals surface area contributed by atoms with Crippen LogP contribution in [0.4, 0.5) is 0 Å². The van der Waals surface area contributed by atoms with Crippen molar-refractivity contribution < 1.29 is 4.79 Å². The van der Waals surface area contributed by atoms with Crippen LogP contribution in [0.2, 0.25) is 0 Å². The van der Waals surface area contributed by atoms with Crippen molar-refractivity contribution in [1.82, 2.24) is 13.7 Å². The van der Waals surface area contributed by atoms with Crippen LogP contribution in [-0.2, 0) is 19.6 Å². The Morgan fingerprint density at radius 1 is 1.17 bits per heavy atom. The van der Waals surface area contributed by atoms with Crippen LogP contribution in [0.25, 0.3) is 0 Å². The van der Waals surface area contributed by atoms with Gasteiger partial charge in [-0.3, -0.25) is 18.7 Å². The average molecular weight is 328 g/mol. The molecule has 0 atom stereocenters. The quantitative estimate of drug-likeness (QED) is 0.772. The van der Waals surface area contributed by atoms with Crippen molar-refractivity contribution in [1.29, 1.82) is 5.26 Å². The summed E-state index contributed by atoms with van der Waals surface area (Å²) in [5, 5.41) is 9.05. The number of hydrogen-bond acceptors (Lipinski definition) is 4. The van der Waals surface area contributed by atoms with Crippen molar-refractivity contribution >= 4 is 5.78 Å². The van der Waals surface area contributed by atoms with E-state index in [1.54, 1.807) is 19.1 Å². The highest BCUT2D eigenvalue weighted by atomic mass is 16.2. The number of hydrogen-bond donors (Lipinski definition) is 0. The maximum absolute atomic E-state index is 12.6. The number of Topliss-reactive ketones (excluding diaryl/α,β-unsaturated/α-hetero) is 1. The van der Waals surface area contributed by atoms with Crippen LogP contribution in [0, 0.1) is 25.2 Å². The first-order valence-corrected chi connectivity index (χ1v) is 7.79. The van der Waals surface area contributed by atoms with E-state index in [-0.39, 0.29) is 17.9 Å². The molecule has 24 heavy (non-hydrogen) atoms. The van der Waals surface area contributed by atoms with Crippen molar-refractivity contribution in [3.63, 3.8) is 0 Å². The Bertz CT molecular complexity index is 954. The summed E-state index contributed by atoms with van der Waals surface area (Å²) in [5.41, 5.74) is 0.779. The fraction of sp³-hybridized carbons (Fsp3) is 0.412. The third-order valence-electron chi connectivity index (χ3n) is 4.19. The average Bonchev–Trinajstić information content (AvgIpc) is 2.85. The van der Waals surface area contributed by atoms with Gasteiger partial charge in [-0.2, -0.15) is 5.26 Å². The minimum atomic E-state index is -0.732. The molecule has 2 aromatic heterocycles. The first kappa shape index (κ1) is 17.5. The molecule has 2 aromatic rings. The van der Waals surface area contributed by atoms with Crippen LogP contribution >= 0.6 is 0 Å². The molecule has 126 valence electrons. The third kappa shape index (κ3) is 2.83. The zero-order chi connectivity index (χ0) is 18.0. The SMILES string of the molecule is CCn1c(C)cc(C(=O)Cn2c(=O)c(C#N)cn(CC)c2=O)c1C. The molecule has 0 radical (unpaired) electrons. The molecule has 0 fully saturated rings. The summed E-state index contributed by atoms with van der Waals surface area (Å²) < 4.78 is 4.08. The summed E-state index contributed by atoms with van der Waals surface area (Å²) in [4.78, 5) is 37.2. The van der Waals surface area contributed by atoms with Crippen LogP contribution in [0.3, 0.4) is 0 Å². The predicted octanol–water partition coefficient (Wildman–Crippen LogP) is 1.22. The number of carbonyl (C=O) groups excluding carboxylic acids is 1. The number of aryl methyl sites for hydroxylation is 2. The van der Waals surface area contributed by atoms with Gasteiger partial charge in [0.25, 0.3) is 5.56 Å². The molecule has 0 aliphatic heterocycles. The molecular weight excluding hydrogens is 308 g/mol. The van der Waals surface area contributed by atoms with Crippen molar-refractivity contribution in [2.24, 2.45) is 0 Å². The highest BCUT2D eigenvalue weighted by molar-refractivity contribution is 5.97. The topological polar surface area (TPSA) is 89.8 Å². The van der Waals surface area contributed by atoms with Crippen LogP contribution in [0.1, 0.15) is 41.2 Å². The van der Waals surface area contributed by atoms with E-state index in [0.717, 1.165) is 22.5 Å². The van der Waals surface area contributed by atoms with E-state index in [1.807, 2.05) is 25.3 Å². The first-order chi connectivity index (χ1) is 11.3. The zero-order valence-electron chi connectivity index (χ0n) is 14.3. The van der Waals surface area contributed by atoms with E-state index in [2.05, 4.69) is 0 Å². The largest absolute Gasteiger partial charge is 0.349 e. The van der Waals surface area contributed by atoms with Crippen molar-refractivity contribution in [3.05, 3.63) is 55.6 Å². The molecule has 2 rings (SSSR count). The molecule has 0 aromatic carbocycles. The fourth-order valence-electron chi connectivity index (χ4n) is 2.90. The van der Waals surface area contributed by atoms with E-state index < -0.39 is 11.2 Å². The number of rotatable bonds is 5. The lowest BCUT2D eigenvalue weighted by molar-refractivity contribution is 0.0967. The number of ketones is 1. The Morgan fingerprint density at radius 3 is 2.33 bits per heavy atom. The summed E-state index contributed by atoms with van der Waals surface area (Å²) in [6.45, 7) is 8.12. The lowest BCUT2D eigenvalue weighted by Crippen LogP contribution is -2.42. The molecule has 0 N–H and O–H groups in total. The normalized spacial score (nSPS) is 10.6. The highest BCUT2D eigenvalue weighted by Gasteiger charge is 2.19. The van der Waals surface area contributed by atoms with Gasteiger partial charge in [0.05, 0.1) is 6.54 Å². The summed E-state index contributed by atoms with van der Waals surface area (Å²) in [6, 6.07) is 3.54. The van der Waals surface area contributed by atoms with Crippen LogP contribution < -0.4 is 11.2 Å². The maximum atomic E-state index is 12.6. The van der Waals surface area contributed by atoms with Crippen molar-refractivity contribution in [2.45, 2.75) is 47.3 Å². The molecule has 0 aliphatic rings. The Balaban J connectivity index is 2.53. The van der Waals surface area contributed by atoms with Gasteiger partial charge >= 0.3 is 5.69 Å². The van der Waals surface area contributed by atoms with Gasteiger partial charge in [0.2, 0.25) is 0 Å². The molecule has 0 bridgehead atoms. The lowest BCUT2D eigenvalue weighted by Gasteiger charge is -2.09. The Kier molecular flexibility index (Phi) is 4.88. The Morgan fingerprint density at radius 2 is 1.83 bits per heavy atom. The number of nitriles is 1. The second-order valence-corrected chi connectivity index (χ2v) is 5.57. The third-order valence-corrected chi connectivity index (χ3v) is 4.19. The van der Waals surface area contributed by atoms with Crippen molar-refractivity contribution in [3.8, 4) is 6.07 Å². The van der Waals surface area contributed by atoms with E-state index in [0.29, 0.717) is 12.1 Å². The van der Waals surface area contributed by atoms with Gasteiger partial charge in [-0.05, 0) is 33.8 Å². The maximum Gasteiger partial charge on any atom is 0.331 e. The lowest BCUT2D eigenvalue weighted by atomic mass is 10.1. The second-order valence-electron chi connectivity index (χ2n) is 5.57. The molecule has 7 heteroatoms. The standard InChI is InChI=1S/C17H20N4O3/c1-5-19-9-13(8-18)16(23)21(17(19)24)10-15(22)14-7-11(3)20(6-2)12(14)4/h7,9H,5-6,10H2,1-4H3.